The van der Waals surface area contributed by atoms with Gasteiger partial charge >= 0.3 is 6.03 Å². The van der Waals surface area contributed by atoms with Crippen LogP contribution in [0, 0.1) is 4.91 Å². The third-order valence-corrected chi connectivity index (χ3v) is 4.49. The Balaban J connectivity index is 2.16. The average Bonchev–Trinajstić information content (AvgIpc) is 2.62. The van der Waals surface area contributed by atoms with Crippen LogP contribution in [-0.2, 0) is 5.54 Å². The topological polar surface area (TPSA) is 114 Å². The molecule has 0 bridgehead atoms. The van der Waals surface area contributed by atoms with Gasteiger partial charge in [0.05, 0.1) is 16.1 Å². The molecule has 0 aromatic heterocycles. The maximum atomic E-state index is 12.4. The van der Waals surface area contributed by atoms with Gasteiger partial charge in [-0.05, 0) is 50.1 Å². The number of primary amides is 1. The summed E-state index contributed by atoms with van der Waals surface area (Å²) in [5.74, 6) is -0.681. The molecular weight excluding hydrogens is 368 g/mol. The van der Waals surface area contributed by atoms with Gasteiger partial charge in [-0.3, -0.25) is 4.79 Å². The summed E-state index contributed by atoms with van der Waals surface area (Å²) in [7, 11) is 0. The monoisotopic (exact) mass is 388 g/mol. The van der Waals surface area contributed by atoms with Crippen LogP contribution in [-0.4, -0.2) is 11.9 Å². The summed E-state index contributed by atoms with van der Waals surface area (Å²) in [5, 5.41) is 8.76. The summed E-state index contributed by atoms with van der Waals surface area (Å²) < 4.78 is 0. The molecule has 0 saturated heterocycles. The van der Waals surface area contributed by atoms with E-state index in [9.17, 15) is 14.5 Å². The van der Waals surface area contributed by atoms with Crippen LogP contribution in [0.4, 0.5) is 10.5 Å². The van der Waals surface area contributed by atoms with E-state index in [2.05, 4.69) is 15.8 Å². The van der Waals surface area contributed by atoms with Crippen LogP contribution in [0.3, 0.4) is 0 Å². The van der Waals surface area contributed by atoms with Gasteiger partial charge in [0.2, 0.25) is 5.91 Å². The second-order valence-electron chi connectivity index (χ2n) is 6.67. The van der Waals surface area contributed by atoms with Gasteiger partial charge in [-0.1, -0.05) is 41.0 Å². The van der Waals surface area contributed by atoms with Crippen LogP contribution >= 0.6 is 11.6 Å². The Labute approximate surface area is 162 Å². The highest BCUT2D eigenvalue weighted by molar-refractivity contribution is 6.33. The Morgan fingerprint density at radius 1 is 1.19 bits per heavy atom. The van der Waals surface area contributed by atoms with Crippen molar-refractivity contribution in [2.45, 2.75) is 32.4 Å². The Morgan fingerprint density at radius 3 is 2.52 bits per heavy atom. The number of urea groups is 1. The van der Waals surface area contributed by atoms with Gasteiger partial charge in [0, 0.05) is 5.69 Å². The number of halogens is 1. The third kappa shape index (κ3) is 5.04. The van der Waals surface area contributed by atoms with E-state index in [1.807, 2.05) is 38.1 Å². The van der Waals surface area contributed by atoms with E-state index in [-0.39, 0.29) is 10.6 Å². The van der Waals surface area contributed by atoms with Gasteiger partial charge in [0.25, 0.3) is 0 Å². The van der Waals surface area contributed by atoms with E-state index in [4.69, 9.17) is 17.3 Å². The summed E-state index contributed by atoms with van der Waals surface area (Å²) >= 11 is 5.91. The van der Waals surface area contributed by atoms with Crippen molar-refractivity contribution in [2.24, 2.45) is 10.9 Å². The lowest BCUT2D eigenvalue weighted by Crippen LogP contribution is -2.43. The van der Waals surface area contributed by atoms with Gasteiger partial charge in [0.15, 0.2) is 0 Å². The number of nitrogens with two attached hydrogens (primary N) is 1. The average molecular weight is 389 g/mol. The first-order valence-corrected chi connectivity index (χ1v) is 8.63. The fourth-order valence-electron chi connectivity index (χ4n) is 2.56. The van der Waals surface area contributed by atoms with Crippen molar-refractivity contribution >= 4 is 29.2 Å². The summed E-state index contributed by atoms with van der Waals surface area (Å²) in [6, 6.07) is 10.8. The van der Waals surface area contributed by atoms with Crippen LogP contribution in [0.2, 0.25) is 5.02 Å². The standard InChI is InChI=1S/C19H21ClN4O3/c1-11(24-27)12-5-4-6-13(9-12)19(2,3)23-18(26)22-14-7-8-16(20)15(10-14)17(21)25/h4-11H,1-3H3,(H2,21,25)(H2,22,23,26). The van der Waals surface area contributed by atoms with Crippen molar-refractivity contribution in [3.05, 3.63) is 69.1 Å². The first-order valence-electron chi connectivity index (χ1n) is 8.25. The lowest BCUT2D eigenvalue weighted by Gasteiger charge is -2.27. The molecule has 0 spiro atoms. The number of hydrogen-bond acceptors (Lipinski definition) is 4. The highest BCUT2D eigenvalue weighted by Gasteiger charge is 2.24. The van der Waals surface area contributed by atoms with Crippen LogP contribution < -0.4 is 16.4 Å². The van der Waals surface area contributed by atoms with Crippen LogP contribution in [0.25, 0.3) is 0 Å². The number of nitroso groups, excluding NO2 is 1. The van der Waals surface area contributed by atoms with Gasteiger partial charge in [-0.2, -0.15) is 4.91 Å². The zero-order valence-electron chi connectivity index (χ0n) is 15.2. The number of benzene rings is 2. The Hall–Kier alpha value is -2.93. The molecule has 2 rings (SSSR count). The van der Waals surface area contributed by atoms with E-state index < -0.39 is 23.5 Å². The number of nitrogens with one attached hydrogen (secondary N) is 2. The quantitative estimate of drug-likeness (QED) is 0.640. The lowest BCUT2D eigenvalue weighted by molar-refractivity contribution is 0.100. The van der Waals surface area contributed by atoms with E-state index in [0.29, 0.717) is 5.69 Å². The predicted molar refractivity (Wildman–Crippen MR) is 106 cm³/mol. The van der Waals surface area contributed by atoms with Crippen LogP contribution in [0.5, 0.6) is 0 Å². The molecule has 1 atom stereocenters. The van der Waals surface area contributed by atoms with Crippen molar-refractivity contribution in [1.29, 1.82) is 0 Å². The number of carbonyl (C=O) groups excluding carboxylic acids is 2. The smallest absolute Gasteiger partial charge is 0.319 e. The molecule has 0 aliphatic carbocycles. The van der Waals surface area contributed by atoms with E-state index in [0.717, 1.165) is 11.1 Å². The third-order valence-electron chi connectivity index (χ3n) is 4.16. The van der Waals surface area contributed by atoms with Crippen molar-refractivity contribution in [3.63, 3.8) is 0 Å². The molecule has 4 N–H and O–H groups in total. The van der Waals surface area contributed by atoms with Crippen molar-refractivity contribution in [1.82, 2.24) is 5.32 Å². The normalized spacial score (nSPS) is 12.1. The molecule has 0 aliphatic heterocycles. The Bertz CT molecular complexity index is 883. The second kappa shape index (κ2) is 8.18. The highest BCUT2D eigenvalue weighted by atomic mass is 35.5. The fourth-order valence-corrected chi connectivity index (χ4v) is 2.77. The Morgan fingerprint density at radius 2 is 1.89 bits per heavy atom. The molecule has 0 aliphatic rings. The van der Waals surface area contributed by atoms with Crippen molar-refractivity contribution in [3.8, 4) is 0 Å². The first-order chi connectivity index (χ1) is 12.6. The van der Waals surface area contributed by atoms with E-state index in [1.165, 1.54) is 12.1 Å². The molecule has 0 radical (unpaired) electrons. The van der Waals surface area contributed by atoms with Gasteiger partial charge in [-0.15, -0.1) is 0 Å². The minimum Gasteiger partial charge on any atom is -0.366 e. The van der Waals surface area contributed by atoms with Gasteiger partial charge < -0.3 is 16.4 Å². The highest BCUT2D eigenvalue weighted by Crippen LogP contribution is 2.25. The zero-order valence-corrected chi connectivity index (χ0v) is 16.0. The lowest BCUT2D eigenvalue weighted by atomic mass is 9.92. The molecule has 7 nitrogen and oxygen atoms in total. The molecule has 142 valence electrons. The minimum atomic E-state index is -0.721. The molecule has 1 unspecified atom stereocenters. The van der Waals surface area contributed by atoms with Crippen LogP contribution in [0.15, 0.2) is 47.6 Å². The first kappa shape index (κ1) is 20.4. The number of carbonyl (C=O) groups is 2. The summed E-state index contributed by atoms with van der Waals surface area (Å²) in [6.45, 7) is 5.37. The zero-order chi connectivity index (χ0) is 20.2. The minimum absolute atomic E-state index is 0.122. The van der Waals surface area contributed by atoms with Crippen molar-refractivity contribution in [2.75, 3.05) is 5.32 Å². The molecule has 2 aromatic rings. The molecule has 0 heterocycles. The van der Waals surface area contributed by atoms with E-state index >= 15 is 0 Å². The molecule has 0 fully saturated rings. The molecule has 0 saturated carbocycles. The number of rotatable bonds is 6. The maximum absolute atomic E-state index is 12.4. The number of hydrogen-bond donors (Lipinski definition) is 3. The fraction of sp³-hybridized carbons (Fsp3) is 0.263. The number of anilines is 1. The number of amides is 3. The van der Waals surface area contributed by atoms with Crippen molar-refractivity contribution < 1.29 is 9.59 Å². The molecular formula is C19H21ClN4O3. The largest absolute Gasteiger partial charge is 0.366 e. The SMILES string of the molecule is CC(N=O)c1cccc(C(C)(C)NC(=O)Nc2ccc(Cl)c(C(N)=O)c2)c1. The predicted octanol–water partition coefficient (Wildman–Crippen LogP) is 4.32. The Kier molecular flexibility index (Phi) is 6.17. The van der Waals surface area contributed by atoms with Gasteiger partial charge in [0.1, 0.15) is 6.04 Å². The molecule has 27 heavy (non-hydrogen) atoms. The molecule has 3 amide bonds. The molecule has 2 aromatic carbocycles. The summed E-state index contributed by atoms with van der Waals surface area (Å²) in [6.07, 6.45) is 0. The van der Waals surface area contributed by atoms with Gasteiger partial charge in [-0.25, -0.2) is 4.79 Å². The second-order valence-corrected chi connectivity index (χ2v) is 7.08. The summed E-state index contributed by atoms with van der Waals surface area (Å²) in [5.41, 5.74) is 6.63. The molecule has 8 heteroatoms. The number of nitrogens with zero attached hydrogens (tertiary/aromatic N) is 1. The maximum Gasteiger partial charge on any atom is 0.319 e. The summed E-state index contributed by atoms with van der Waals surface area (Å²) in [4.78, 5) is 34.5. The van der Waals surface area contributed by atoms with E-state index in [1.54, 1.807) is 13.0 Å². The van der Waals surface area contributed by atoms with Crippen LogP contribution in [0.1, 0.15) is 48.3 Å².